The summed E-state index contributed by atoms with van der Waals surface area (Å²) in [4.78, 5) is 16.5. The summed E-state index contributed by atoms with van der Waals surface area (Å²) in [5.41, 5.74) is 2.13. The van der Waals surface area contributed by atoms with E-state index in [0.29, 0.717) is 6.42 Å². The maximum absolute atomic E-state index is 12.3. The predicted molar refractivity (Wildman–Crippen MR) is 78.5 cm³/mol. The van der Waals surface area contributed by atoms with Crippen molar-refractivity contribution in [3.63, 3.8) is 0 Å². The van der Waals surface area contributed by atoms with Crippen LogP contribution in [0.2, 0.25) is 0 Å². The van der Waals surface area contributed by atoms with Gasteiger partial charge in [-0.15, -0.1) is 0 Å². The number of hydrogen-bond acceptors (Lipinski definition) is 2. The van der Waals surface area contributed by atoms with Gasteiger partial charge in [0.15, 0.2) is 0 Å². The third-order valence-electron chi connectivity index (χ3n) is 3.92. The topological polar surface area (TPSA) is 23.6 Å². The quantitative estimate of drug-likeness (QED) is 0.769. The van der Waals surface area contributed by atoms with E-state index < -0.39 is 0 Å². The van der Waals surface area contributed by atoms with E-state index >= 15 is 0 Å². The van der Waals surface area contributed by atoms with Crippen LogP contribution >= 0.6 is 0 Å². The second-order valence-electron chi connectivity index (χ2n) is 4.97. The minimum atomic E-state index is 0.0948. The number of amides is 1. The van der Waals surface area contributed by atoms with Crippen LogP contribution in [-0.2, 0) is 4.79 Å². The molecule has 0 spiro atoms. The van der Waals surface area contributed by atoms with Crippen LogP contribution in [0.3, 0.4) is 0 Å². The van der Waals surface area contributed by atoms with Crippen LogP contribution in [0, 0.1) is 0 Å². The number of carbonyl (C=O) groups excluding carboxylic acids is 1. The zero-order valence-electron chi connectivity index (χ0n) is 11.3. The lowest BCUT2D eigenvalue weighted by Crippen LogP contribution is -2.56. The number of carbonyl (C=O) groups is 1. The minimum absolute atomic E-state index is 0.0948. The van der Waals surface area contributed by atoms with Crippen molar-refractivity contribution < 1.29 is 4.79 Å². The van der Waals surface area contributed by atoms with Gasteiger partial charge in [0.05, 0.1) is 23.5 Å². The molecule has 2 unspecified atom stereocenters. The summed E-state index contributed by atoms with van der Waals surface area (Å²) in [6.07, 6.45) is 8.89. The lowest BCUT2D eigenvalue weighted by Gasteiger charge is -2.46. The van der Waals surface area contributed by atoms with E-state index in [9.17, 15) is 4.79 Å². The fourth-order valence-electron chi connectivity index (χ4n) is 2.94. The molecule has 2 atom stereocenters. The van der Waals surface area contributed by atoms with Crippen LogP contribution in [0.1, 0.15) is 13.3 Å². The molecule has 98 valence electrons. The Kier molecular flexibility index (Phi) is 2.90. The van der Waals surface area contributed by atoms with E-state index in [4.69, 9.17) is 0 Å². The van der Waals surface area contributed by atoms with Gasteiger partial charge in [-0.1, -0.05) is 43.4 Å². The van der Waals surface area contributed by atoms with Crippen molar-refractivity contribution in [2.24, 2.45) is 0 Å². The highest BCUT2D eigenvalue weighted by atomic mass is 16.2. The number of benzene rings is 1. The van der Waals surface area contributed by atoms with Crippen molar-refractivity contribution in [1.82, 2.24) is 0 Å². The summed E-state index contributed by atoms with van der Waals surface area (Å²) >= 11 is 0. The van der Waals surface area contributed by atoms with Gasteiger partial charge < -0.3 is 9.80 Å². The highest BCUT2D eigenvalue weighted by Crippen LogP contribution is 2.39. The first-order chi connectivity index (χ1) is 9.24. The molecule has 1 heterocycles. The van der Waals surface area contributed by atoms with Gasteiger partial charge >= 0.3 is 0 Å². The van der Waals surface area contributed by atoms with Gasteiger partial charge in [0.2, 0.25) is 5.91 Å². The summed E-state index contributed by atoms with van der Waals surface area (Å²) in [6.45, 7) is 1.92. The Labute approximate surface area is 113 Å². The van der Waals surface area contributed by atoms with Gasteiger partial charge in [-0.3, -0.25) is 4.79 Å². The molecule has 0 radical (unpaired) electrons. The summed E-state index contributed by atoms with van der Waals surface area (Å²) < 4.78 is 0. The van der Waals surface area contributed by atoms with Gasteiger partial charge in [0, 0.05) is 13.5 Å². The summed E-state index contributed by atoms with van der Waals surface area (Å²) in [5.74, 6) is 0.176. The standard InChI is InChI=1S/C16H18N2O/c1-3-16(19)18-14-10-6-4-8-12(14)17(2)13-9-5-7-11-15(13)18/h4-12,14H,3H2,1-2H3. The van der Waals surface area contributed by atoms with Crippen LogP contribution in [-0.4, -0.2) is 25.0 Å². The summed E-state index contributed by atoms with van der Waals surface area (Å²) in [7, 11) is 2.09. The first-order valence-electron chi connectivity index (χ1n) is 6.73. The molecular weight excluding hydrogens is 236 g/mol. The maximum Gasteiger partial charge on any atom is 0.227 e. The number of nitrogens with zero attached hydrogens (tertiary/aromatic N) is 2. The van der Waals surface area contributed by atoms with E-state index in [1.165, 1.54) is 0 Å². The van der Waals surface area contributed by atoms with Gasteiger partial charge in [-0.25, -0.2) is 0 Å². The number of allylic oxidation sites excluding steroid dienone is 2. The van der Waals surface area contributed by atoms with Gasteiger partial charge in [-0.2, -0.15) is 0 Å². The van der Waals surface area contributed by atoms with Crippen molar-refractivity contribution in [3.8, 4) is 0 Å². The molecule has 0 bridgehead atoms. The molecule has 1 aromatic rings. The Hall–Kier alpha value is -2.03. The fraction of sp³-hybridized carbons (Fsp3) is 0.312. The first kappa shape index (κ1) is 12.0. The Balaban J connectivity index is 2.15. The first-order valence-corrected chi connectivity index (χ1v) is 6.73. The smallest absolute Gasteiger partial charge is 0.227 e. The van der Waals surface area contributed by atoms with Crippen molar-refractivity contribution in [3.05, 3.63) is 48.6 Å². The van der Waals surface area contributed by atoms with Crippen LogP contribution in [0.5, 0.6) is 0 Å². The van der Waals surface area contributed by atoms with Crippen molar-refractivity contribution in [2.45, 2.75) is 25.4 Å². The summed E-state index contributed by atoms with van der Waals surface area (Å²) in [6, 6.07) is 8.43. The Morgan fingerprint density at radius 3 is 2.42 bits per heavy atom. The van der Waals surface area contributed by atoms with E-state index in [0.717, 1.165) is 11.4 Å². The maximum atomic E-state index is 12.3. The van der Waals surface area contributed by atoms with E-state index in [1.807, 2.05) is 36.1 Å². The number of likely N-dealkylation sites (N-methyl/N-ethyl adjacent to an activating group) is 1. The largest absolute Gasteiger partial charge is 0.364 e. The van der Waals surface area contributed by atoms with Crippen LogP contribution in [0.15, 0.2) is 48.6 Å². The Bertz CT molecular complexity index is 562. The van der Waals surface area contributed by atoms with Gasteiger partial charge in [0.1, 0.15) is 0 Å². The van der Waals surface area contributed by atoms with E-state index in [1.54, 1.807) is 0 Å². The molecule has 0 saturated carbocycles. The van der Waals surface area contributed by atoms with Crippen molar-refractivity contribution >= 4 is 17.3 Å². The SMILES string of the molecule is CCC(=O)N1c2ccccc2N(C)C2C=CC=CC21. The van der Waals surface area contributed by atoms with Crippen LogP contribution < -0.4 is 9.80 Å². The van der Waals surface area contributed by atoms with Crippen molar-refractivity contribution in [1.29, 1.82) is 0 Å². The zero-order chi connectivity index (χ0) is 13.4. The Morgan fingerprint density at radius 2 is 1.74 bits per heavy atom. The third kappa shape index (κ3) is 1.77. The zero-order valence-corrected chi connectivity index (χ0v) is 11.3. The van der Waals surface area contributed by atoms with E-state index in [-0.39, 0.29) is 18.0 Å². The predicted octanol–water partition coefficient (Wildman–Crippen LogP) is 2.74. The molecule has 3 nitrogen and oxygen atoms in total. The van der Waals surface area contributed by atoms with Gasteiger partial charge in [-0.05, 0) is 12.1 Å². The number of rotatable bonds is 1. The fourth-order valence-corrected chi connectivity index (χ4v) is 2.94. The average Bonchev–Trinajstić information content (AvgIpc) is 2.47. The molecule has 19 heavy (non-hydrogen) atoms. The highest BCUT2D eigenvalue weighted by Gasteiger charge is 2.37. The molecule has 0 aromatic heterocycles. The molecule has 3 rings (SSSR count). The molecule has 1 aliphatic carbocycles. The van der Waals surface area contributed by atoms with Crippen molar-refractivity contribution in [2.75, 3.05) is 16.8 Å². The molecule has 0 fully saturated rings. The summed E-state index contributed by atoms with van der Waals surface area (Å²) in [5, 5.41) is 0. The van der Waals surface area contributed by atoms with Gasteiger partial charge in [0.25, 0.3) is 0 Å². The second-order valence-corrected chi connectivity index (χ2v) is 4.97. The molecule has 0 N–H and O–H groups in total. The number of anilines is 2. The van der Waals surface area contributed by atoms with Crippen LogP contribution in [0.25, 0.3) is 0 Å². The molecule has 1 amide bonds. The third-order valence-corrected chi connectivity index (χ3v) is 3.92. The lowest BCUT2D eigenvalue weighted by atomic mass is 9.94. The highest BCUT2D eigenvalue weighted by molar-refractivity contribution is 5.99. The number of hydrogen-bond donors (Lipinski definition) is 0. The monoisotopic (exact) mass is 254 g/mol. The normalized spacial score (nSPS) is 24.1. The molecule has 1 aliphatic heterocycles. The average molecular weight is 254 g/mol. The van der Waals surface area contributed by atoms with E-state index in [2.05, 4.69) is 36.2 Å². The molecule has 0 saturated heterocycles. The molecular formula is C16H18N2O. The molecule has 1 aromatic carbocycles. The lowest BCUT2D eigenvalue weighted by molar-refractivity contribution is -0.118. The minimum Gasteiger partial charge on any atom is -0.364 e. The van der Waals surface area contributed by atoms with Crippen LogP contribution in [0.4, 0.5) is 11.4 Å². The Morgan fingerprint density at radius 1 is 1.11 bits per heavy atom. The number of fused-ring (bicyclic) bond motifs is 2. The second kappa shape index (κ2) is 4.57. The molecule has 2 aliphatic rings. The number of para-hydroxylation sites is 2. The molecule has 3 heteroatoms.